The predicted octanol–water partition coefficient (Wildman–Crippen LogP) is 2.64. The summed E-state index contributed by atoms with van der Waals surface area (Å²) in [6, 6.07) is 5.49. The molecule has 0 heterocycles. The molecule has 0 aromatic heterocycles. The Morgan fingerprint density at radius 3 is 2.73 bits per heavy atom. The fourth-order valence-corrected chi connectivity index (χ4v) is 2.17. The maximum absolute atomic E-state index is 13.6. The standard InChI is InChI=1S/C12H17FN2/c13-11-7-3-4-9(8-14)12(11)15-10-5-1-2-6-10/h3-4,7,10,15H,1-2,5-6,8,14H2. The number of anilines is 1. The summed E-state index contributed by atoms with van der Waals surface area (Å²) in [4.78, 5) is 0. The van der Waals surface area contributed by atoms with Crippen LogP contribution in [0.5, 0.6) is 0 Å². The first-order chi connectivity index (χ1) is 7.31. The predicted molar refractivity (Wildman–Crippen MR) is 60.2 cm³/mol. The SMILES string of the molecule is NCc1cccc(F)c1NC1CCCC1. The molecule has 82 valence electrons. The minimum Gasteiger partial charge on any atom is -0.380 e. The first-order valence-electron chi connectivity index (χ1n) is 5.55. The molecule has 1 aliphatic carbocycles. The minimum atomic E-state index is -0.190. The second kappa shape index (κ2) is 4.62. The normalized spacial score (nSPS) is 16.9. The van der Waals surface area contributed by atoms with Gasteiger partial charge in [-0.15, -0.1) is 0 Å². The van der Waals surface area contributed by atoms with Crippen LogP contribution < -0.4 is 11.1 Å². The van der Waals surface area contributed by atoms with Crippen LogP contribution in [0.4, 0.5) is 10.1 Å². The summed E-state index contributed by atoms with van der Waals surface area (Å²) in [6.07, 6.45) is 4.75. The van der Waals surface area contributed by atoms with Crippen molar-refractivity contribution < 1.29 is 4.39 Å². The molecule has 1 aliphatic rings. The Hall–Kier alpha value is -1.09. The molecule has 3 heteroatoms. The van der Waals surface area contributed by atoms with Gasteiger partial charge in [0.1, 0.15) is 5.82 Å². The van der Waals surface area contributed by atoms with Gasteiger partial charge in [-0.05, 0) is 24.5 Å². The zero-order chi connectivity index (χ0) is 10.7. The van der Waals surface area contributed by atoms with E-state index in [1.54, 1.807) is 6.07 Å². The topological polar surface area (TPSA) is 38.0 Å². The quantitative estimate of drug-likeness (QED) is 0.801. The van der Waals surface area contributed by atoms with Gasteiger partial charge in [0.2, 0.25) is 0 Å². The van der Waals surface area contributed by atoms with Crippen molar-refractivity contribution in [3.8, 4) is 0 Å². The van der Waals surface area contributed by atoms with Crippen molar-refractivity contribution in [1.82, 2.24) is 0 Å². The third-order valence-electron chi connectivity index (χ3n) is 3.02. The molecule has 0 atom stereocenters. The molecular formula is C12H17FN2. The molecule has 1 aromatic carbocycles. The first-order valence-corrected chi connectivity index (χ1v) is 5.55. The van der Waals surface area contributed by atoms with Crippen molar-refractivity contribution in [2.75, 3.05) is 5.32 Å². The highest BCUT2D eigenvalue weighted by atomic mass is 19.1. The second-order valence-corrected chi connectivity index (χ2v) is 4.10. The zero-order valence-electron chi connectivity index (χ0n) is 8.80. The van der Waals surface area contributed by atoms with Crippen LogP contribution in [-0.2, 0) is 6.54 Å². The smallest absolute Gasteiger partial charge is 0.146 e. The van der Waals surface area contributed by atoms with Gasteiger partial charge in [-0.3, -0.25) is 0 Å². The van der Waals surface area contributed by atoms with Crippen LogP contribution >= 0.6 is 0 Å². The molecular weight excluding hydrogens is 191 g/mol. The summed E-state index contributed by atoms with van der Waals surface area (Å²) in [5.74, 6) is -0.190. The number of nitrogens with one attached hydrogen (secondary N) is 1. The van der Waals surface area contributed by atoms with E-state index in [0.717, 1.165) is 18.4 Å². The van der Waals surface area contributed by atoms with E-state index < -0.39 is 0 Å². The van der Waals surface area contributed by atoms with Crippen LogP contribution in [0.3, 0.4) is 0 Å². The van der Waals surface area contributed by atoms with Crippen LogP contribution in [-0.4, -0.2) is 6.04 Å². The van der Waals surface area contributed by atoms with Crippen LogP contribution in [0.15, 0.2) is 18.2 Å². The van der Waals surface area contributed by atoms with Crippen molar-refractivity contribution in [3.05, 3.63) is 29.6 Å². The Balaban J connectivity index is 2.17. The molecule has 3 N–H and O–H groups in total. The molecule has 2 rings (SSSR count). The van der Waals surface area contributed by atoms with Crippen molar-refractivity contribution in [2.24, 2.45) is 5.73 Å². The summed E-state index contributed by atoms with van der Waals surface area (Å²) in [5.41, 5.74) is 7.05. The summed E-state index contributed by atoms with van der Waals surface area (Å²) in [7, 11) is 0. The van der Waals surface area contributed by atoms with Crippen LogP contribution in [0.1, 0.15) is 31.2 Å². The number of halogens is 1. The third kappa shape index (κ3) is 2.29. The van der Waals surface area contributed by atoms with E-state index in [1.807, 2.05) is 6.07 Å². The number of benzene rings is 1. The van der Waals surface area contributed by atoms with E-state index in [4.69, 9.17) is 5.73 Å². The van der Waals surface area contributed by atoms with E-state index in [-0.39, 0.29) is 5.82 Å². The largest absolute Gasteiger partial charge is 0.380 e. The van der Waals surface area contributed by atoms with Gasteiger partial charge in [0.25, 0.3) is 0 Å². The average molecular weight is 208 g/mol. The molecule has 0 saturated heterocycles. The molecule has 0 unspecified atom stereocenters. The number of nitrogens with two attached hydrogens (primary N) is 1. The highest BCUT2D eigenvalue weighted by Crippen LogP contribution is 2.26. The number of hydrogen-bond acceptors (Lipinski definition) is 2. The fraction of sp³-hybridized carbons (Fsp3) is 0.500. The first kappa shape index (κ1) is 10.4. The zero-order valence-corrected chi connectivity index (χ0v) is 8.80. The Bertz CT molecular complexity index is 332. The average Bonchev–Trinajstić information content (AvgIpc) is 2.74. The van der Waals surface area contributed by atoms with E-state index >= 15 is 0 Å². The number of hydrogen-bond donors (Lipinski definition) is 2. The lowest BCUT2D eigenvalue weighted by atomic mass is 10.1. The Morgan fingerprint density at radius 2 is 2.07 bits per heavy atom. The van der Waals surface area contributed by atoms with E-state index in [1.165, 1.54) is 18.9 Å². The fourth-order valence-electron chi connectivity index (χ4n) is 2.17. The van der Waals surface area contributed by atoms with Crippen LogP contribution in [0, 0.1) is 5.82 Å². The third-order valence-corrected chi connectivity index (χ3v) is 3.02. The molecule has 1 fully saturated rings. The minimum absolute atomic E-state index is 0.190. The lowest BCUT2D eigenvalue weighted by Crippen LogP contribution is -2.17. The van der Waals surface area contributed by atoms with E-state index in [2.05, 4.69) is 5.32 Å². The van der Waals surface area contributed by atoms with Gasteiger partial charge in [0, 0.05) is 12.6 Å². The molecule has 0 amide bonds. The number of rotatable bonds is 3. The summed E-state index contributed by atoms with van der Waals surface area (Å²) in [5, 5.41) is 3.27. The van der Waals surface area contributed by atoms with Crippen molar-refractivity contribution in [1.29, 1.82) is 0 Å². The molecule has 1 aromatic rings. The Labute approximate surface area is 89.7 Å². The van der Waals surface area contributed by atoms with E-state index in [9.17, 15) is 4.39 Å². The van der Waals surface area contributed by atoms with Crippen LogP contribution in [0.2, 0.25) is 0 Å². The van der Waals surface area contributed by atoms with Crippen molar-refractivity contribution >= 4 is 5.69 Å². The molecule has 0 aliphatic heterocycles. The lowest BCUT2D eigenvalue weighted by Gasteiger charge is -2.17. The maximum atomic E-state index is 13.6. The van der Waals surface area contributed by atoms with Gasteiger partial charge in [0.15, 0.2) is 0 Å². The molecule has 2 nitrogen and oxygen atoms in total. The summed E-state index contributed by atoms with van der Waals surface area (Å²) < 4.78 is 13.6. The van der Waals surface area contributed by atoms with Gasteiger partial charge in [0.05, 0.1) is 5.69 Å². The molecule has 0 radical (unpaired) electrons. The molecule has 0 bridgehead atoms. The van der Waals surface area contributed by atoms with Gasteiger partial charge in [-0.25, -0.2) is 4.39 Å². The highest BCUT2D eigenvalue weighted by molar-refractivity contribution is 5.53. The lowest BCUT2D eigenvalue weighted by molar-refractivity contribution is 0.621. The number of para-hydroxylation sites is 1. The highest BCUT2D eigenvalue weighted by Gasteiger charge is 2.17. The molecule has 0 spiro atoms. The second-order valence-electron chi connectivity index (χ2n) is 4.10. The Morgan fingerprint density at radius 1 is 1.33 bits per heavy atom. The summed E-state index contributed by atoms with van der Waals surface area (Å²) in [6.45, 7) is 0.382. The Kier molecular flexibility index (Phi) is 3.21. The van der Waals surface area contributed by atoms with Crippen LogP contribution in [0.25, 0.3) is 0 Å². The molecule has 15 heavy (non-hydrogen) atoms. The van der Waals surface area contributed by atoms with Gasteiger partial charge in [-0.1, -0.05) is 25.0 Å². The van der Waals surface area contributed by atoms with Gasteiger partial charge < -0.3 is 11.1 Å². The van der Waals surface area contributed by atoms with Crippen molar-refractivity contribution in [3.63, 3.8) is 0 Å². The van der Waals surface area contributed by atoms with Crippen molar-refractivity contribution in [2.45, 2.75) is 38.3 Å². The molecule has 1 saturated carbocycles. The van der Waals surface area contributed by atoms with Gasteiger partial charge in [-0.2, -0.15) is 0 Å². The van der Waals surface area contributed by atoms with Gasteiger partial charge >= 0.3 is 0 Å². The monoisotopic (exact) mass is 208 g/mol. The maximum Gasteiger partial charge on any atom is 0.146 e. The summed E-state index contributed by atoms with van der Waals surface area (Å²) >= 11 is 0. The van der Waals surface area contributed by atoms with E-state index in [0.29, 0.717) is 18.3 Å².